The maximum Gasteiger partial charge on any atom is 0.293 e. The molecule has 2 nitrogen and oxygen atoms in total. The van der Waals surface area contributed by atoms with Crippen molar-refractivity contribution in [3.8, 4) is 11.3 Å². The first-order valence-electron chi connectivity index (χ1n) is 7.03. The third kappa shape index (κ3) is 3.22. The summed E-state index contributed by atoms with van der Waals surface area (Å²) in [5.41, 5.74) is 3.06. The van der Waals surface area contributed by atoms with Crippen molar-refractivity contribution in [1.82, 2.24) is 4.98 Å². The molecule has 0 aliphatic carbocycles. The van der Waals surface area contributed by atoms with Gasteiger partial charge in [0.2, 0.25) is 0 Å². The van der Waals surface area contributed by atoms with E-state index in [1.807, 2.05) is 48.5 Å². The number of halogens is 2. The van der Waals surface area contributed by atoms with Gasteiger partial charge in [-0.05, 0) is 24.3 Å². The van der Waals surface area contributed by atoms with Gasteiger partial charge in [-0.1, -0.05) is 65.7 Å². The van der Waals surface area contributed by atoms with E-state index in [0.29, 0.717) is 21.3 Å². The summed E-state index contributed by atoms with van der Waals surface area (Å²) in [6.45, 7) is 7.57. The highest BCUT2D eigenvalue weighted by Crippen LogP contribution is 2.36. The molecular formula is C19H12Cl2N2. The number of pyridine rings is 1. The van der Waals surface area contributed by atoms with Gasteiger partial charge in [-0.2, -0.15) is 0 Å². The molecule has 112 valence electrons. The molecule has 1 atom stereocenters. The van der Waals surface area contributed by atoms with Crippen LogP contribution in [0.25, 0.3) is 16.1 Å². The fourth-order valence-corrected chi connectivity index (χ4v) is 3.03. The lowest BCUT2D eigenvalue weighted by molar-refractivity contribution is 0.953. The maximum atomic E-state index is 7.57. The van der Waals surface area contributed by atoms with Gasteiger partial charge < -0.3 is 4.85 Å². The third-order valence-corrected chi connectivity index (χ3v) is 4.18. The number of nitrogens with zero attached hydrogens (tertiary/aromatic N) is 2. The van der Waals surface area contributed by atoms with Crippen LogP contribution in [-0.4, -0.2) is 4.98 Å². The van der Waals surface area contributed by atoms with Gasteiger partial charge in [-0.25, -0.2) is 11.6 Å². The zero-order valence-electron chi connectivity index (χ0n) is 12.1. The fourth-order valence-electron chi connectivity index (χ4n) is 2.42. The number of benzene rings is 2. The van der Waals surface area contributed by atoms with Gasteiger partial charge in [0.1, 0.15) is 5.69 Å². The molecule has 1 aromatic heterocycles. The third-order valence-electron chi connectivity index (χ3n) is 3.52. The van der Waals surface area contributed by atoms with Crippen LogP contribution < -0.4 is 0 Å². The summed E-state index contributed by atoms with van der Waals surface area (Å²) in [4.78, 5) is 8.35. The fraction of sp³-hybridized carbons (Fsp3) is 0.0526. The van der Waals surface area contributed by atoms with Crippen LogP contribution in [0.3, 0.4) is 0 Å². The highest BCUT2D eigenvalue weighted by molar-refractivity contribution is 6.36. The second kappa shape index (κ2) is 6.83. The Balaban J connectivity index is 2.09. The molecule has 0 aliphatic rings. The van der Waals surface area contributed by atoms with E-state index in [1.165, 1.54) is 0 Å². The summed E-state index contributed by atoms with van der Waals surface area (Å²) in [5.74, 6) is 0. The lowest BCUT2D eigenvalue weighted by Crippen LogP contribution is -2.02. The number of aromatic nitrogens is 1. The topological polar surface area (TPSA) is 17.2 Å². The molecule has 0 N–H and O–H groups in total. The molecular weight excluding hydrogens is 327 g/mol. The van der Waals surface area contributed by atoms with Crippen LogP contribution in [0.15, 0.2) is 66.7 Å². The van der Waals surface area contributed by atoms with Crippen LogP contribution in [0.5, 0.6) is 0 Å². The SMILES string of the molecule is [C-]#[N+]C(c1cccc(-c2ccccc2)n1)c1c(Cl)cccc1Cl. The number of hydrogen-bond acceptors (Lipinski definition) is 1. The average molecular weight is 339 g/mol. The number of rotatable bonds is 3. The molecule has 0 saturated heterocycles. The molecule has 0 spiro atoms. The Bertz CT molecular complexity index is 850. The maximum absolute atomic E-state index is 7.57. The Morgan fingerprint density at radius 1 is 0.826 bits per heavy atom. The van der Waals surface area contributed by atoms with E-state index >= 15 is 0 Å². The summed E-state index contributed by atoms with van der Waals surface area (Å²) in [5, 5.41) is 0.954. The second-order valence-corrected chi connectivity index (χ2v) is 5.80. The molecule has 4 heteroatoms. The Hall–Kier alpha value is -2.34. The summed E-state index contributed by atoms with van der Waals surface area (Å²) in [6.07, 6.45) is 0. The zero-order chi connectivity index (χ0) is 16.2. The standard InChI is InChI=1S/C19H12Cl2N2/c1-22-19(18-14(20)9-5-10-15(18)21)17-12-6-11-16(23-17)13-7-3-2-4-8-13/h2-12,19H. The molecule has 2 aromatic carbocycles. The van der Waals surface area contributed by atoms with E-state index < -0.39 is 6.04 Å². The van der Waals surface area contributed by atoms with Crippen molar-refractivity contribution in [1.29, 1.82) is 0 Å². The summed E-state index contributed by atoms with van der Waals surface area (Å²) in [6, 6.07) is 20.1. The van der Waals surface area contributed by atoms with Gasteiger partial charge in [0.25, 0.3) is 6.04 Å². The van der Waals surface area contributed by atoms with Gasteiger partial charge in [-0.3, -0.25) is 0 Å². The molecule has 1 unspecified atom stereocenters. The summed E-state index contributed by atoms with van der Waals surface area (Å²) >= 11 is 12.5. The largest absolute Gasteiger partial charge is 0.301 e. The van der Waals surface area contributed by atoms with E-state index in [4.69, 9.17) is 29.8 Å². The van der Waals surface area contributed by atoms with Crippen LogP contribution in [0.4, 0.5) is 0 Å². The minimum atomic E-state index is -0.625. The zero-order valence-corrected chi connectivity index (χ0v) is 13.6. The molecule has 23 heavy (non-hydrogen) atoms. The minimum Gasteiger partial charge on any atom is -0.301 e. The molecule has 0 saturated carbocycles. The smallest absolute Gasteiger partial charge is 0.293 e. The molecule has 0 fully saturated rings. The van der Waals surface area contributed by atoms with Gasteiger partial charge >= 0.3 is 0 Å². The van der Waals surface area contributed by atoms with Crippen molar-refractivity contribution >= 4 is 23.2 Å². The van der Waals surface area contributed by atoms with Crippen molar-refractivity contribution in [3.05, 3.63) is 99.4 Å². The van der Waals surface area contributed by atoms with Crippen LogP contribution >= 0.6 is 23.2 Å². The lowest BCUT2D eigenvalue weighted by Gasteiger charge is -2.10. The molecule has 1 heterocycles. The highest BCUT2D eigenvalue weighted by atomic mass is 35.5. The van der Waals surface area contributed by atoms with Crippen molar-refractivity contribution in [2.75, 3.05) is 0 Å². The predicted molar refractivity (Wildman–Crippen MR) is 94.6 cm³/mol. The van der Waals surface area contributed by atoms with Crippen molar-refractivity contribution in [3.63, 3.8) is 0 Å². The Morgan fingerprint density at radius 2 is 1.48 bits per heavy atom. The van der Waals surface area contributed by atoms with E-state index in [0.717, 1.165) is 11.3 Å². The molecule has 0 aliphatic heterocycles. The van der Waals surface area contributed by atoms with Gasteiger partial charge in [0.05, 0.1) is 21.3 Å². The van der Waals surface area contributed by atoms with E-state index in [1.54, 1.807) is 18.2 Å². The van der Waals surface area contributed by atoms with E-state index in [-0.39, 0.29) is 0 Å². The van der Waals surface area contributed by atoms with Gasteiger partial charge in [0.15, 0.2) is 0 Å². The lowest BCUT2D eigenvalue weighted by atomic mass is 10.0. The van der Waals surface area contributed by atoms with Crippen molar-refractivity contribution < 1.29 is 0 Å². The molecule has 0 amide bonds. The molecule has 3 rings (SSSR count). The monoisotopic (exact) mass is 338 g/mol. The Morgan fingerprint density at radius 3 is 2.13 bits per heavy atom. The van der Waals surface area contributed by atoms with Gasteiger partial charge in [0, 0.05) is 5.56 Å². The van der Waals surface area contributed by atoms with Gasteiger partial charge in [-0.15, -0.1) is 0 Å². The first kappa shape index (κ1) is 15.6. The van der Waals surface area contributed by atoms with E-state index in [9.17, 15) is 0 Å². The molecule has 3 aromatic rings. The minimum absolute atomic E-state index is 0.477. The molecule has 0 bridgehead atoms. The van der Waals surface area contributed by atoms with Crippen LogP contribution in [0.1, 0.15) is 17.3 Å². The first-order valence-corrected chi connectivity index (χ1v) is 7.79. The number of hydrogen-bond donors (Lipinski definition) is 0. The quantitative estimate of drug-likeness (QED) is 0.530. The Labute approximate surface area is 145 Å². The summed E-state index contributed by atoms with van der Waals surface area (Å²) < 4.78 is 0. The van der Waals surface area contributed by atoms with Crippen LogP contribution in [0, 0.1) is 6.57 Å². The average Bonchev–Trinajstić information content (AvgIpc) is 2.59. The van der Waals surface area contributed by atoms with Crippen LogP contribution in [0.2, 0.25) is 10.0 Å². The van der Waals surface area contributed by atoms with Crippen LogP contribution in [-0.2, 0) is 0 Å². The highest BCUT2D eigenvalue weighted by Gasteiger charge is 2.26. The van der Waals surface area contributed by atoms with Crippen molar-refractivity contribution in [2.24, 2.45) is 0 Å². The normalized spacial score (nSPS) is 11.7. The molecule has 0 radical (unpaired) electrons. The van der Waals surface area contributed by atoms with E-state index in [2.05, 4.69) is 9.83 Å². The first-order chi connectivity index (χ1) is 11.2. The van der Waals surface area contributed by atoms with Crippen molar-refractivity contribution in [2.45, 2.75) is 6.04 Å². The predicted octanol–water partition coefficient (Wildman–Crippen LogP) is 6.06. The summed E-state index contributed by atoms with van der Waals surface area (Å²) in [7, 11) is 0. The second-order valence-electron chi connectivity index (χ2n) is 4.98. The Kier molecular flexibility index (Phi) is 4.62.